The molecule has 0 aliphatic heterocycles. The predicted octanol–water partition coefficient (Wildman–Crippen LogP) is 2.85. The van der Waals surface area contributed by atoms with Gasteiger partial charge >= 0.3 is 0 Å². The van der Waals surface area contributed by atoms with Crippen molar-refractivity contribution >= 4 is 17.5 Å². The molecular weight excluding hydrogens is 304 g/mol. The number of benzene rings is 1. The molecule has 0 saturated heterocycles. The summed E-state index contributed by atoms with van der Waals surface area (Å²) in [5.74, 6) is -2.79. The fourth-order valence-corrected chi connectivity index (χ4v) is 1.95. The van der Waals surface area contributed by atoms with Crippen molar-refractivity contribution in [3.05, 3.63) is 58.5 Å². The summed E-state index contributed by atoms with van der Waals surface area (Å²) >= 11 is 5.70. The van der Waals surface area contributed by atoms with Gasteiger partial charge in [0.2, 0.25) is 0 Å². The number of rotatable bonds is 4. The van der Waals surface area contributed by atoms with E-state index in [0.29, 0.717) is 6.07 Å². The number of carbonyl (C=O) groups is 1. The Morgan fingerprint density at radius 3 is 2.71 bits per heavy atom. The zero-order chi connectivity index (χ0) is 15.6. The number of nitrogens with one attached hydrogen (secondary N) is 1. The van der Waals surface area contributed by atoms with Gasteiger partial charge in [-0.15, -0.1) is 0 Å². The average Bonchev–Trinajstić information content (AvgIpc) is 2.95. The van der Waals surface area contributed by atoms with E-state index in [-0.39, 0.29) is 22.9 Å². The Kier molecular flexibility index (Phi) is 4.29. The Morgan fingerprint density at radius 1 is 1.43 bits per heavy atom. The molecule has 1 aromatic heterocycles. The summed E-state index contributed by atoms with van der Waals surface area (Å²) in [5.41, 5.74) is -1.66. The van der Waals surface area contributed by atoms with E-state index in [9.17, 15) is 18.7 Å². The van der Waals surface area contributed by atoms with Gasteiger partial charge in [-0.3, -0.25) is 4.79 Å². The highest BCUT2D eigenvalue weighted by atomic mass is 35.5. The zero-order valence-corrected chi connectivity index (χ0v) is 11.7. The Hall–Kier alpha value is -1.92. The first-order valence-corrected chi connectivity index (χ1v) is 6.38. The quantitative estimate of drug-likeness (QED) is 0.853. The van der Waals surface area contributed by atoms with Crippen molar-refractivity contribution < 1.29 is 23.1 Å². The van der Waals surface area contributed by atoms with E-state index in [1.807, 2.05) is 0 Å². The number of halogens is 3. The van der Waals surface area contributed by atoms with Gasteiger partial charge in [0, 0.05) is 0 Å². The Labute approximate surface area is 124 Å². The lowest BCUT2D eigenvalue weighted by Gasteiger charge is -2.21. The number of furan rings is 1. The third-order valence-corrected chi connectivity index (χ3v) is 3.21. The second kappa shape index (κ2) is 5.83. The van der Waals surface area contributed by atoms with Gasteiger partial charge < -0.3 is 14.8 Å². The van der Waals surface area contributed by atoms with Crippen molar-refractivity contribution in [2.75, 3.05) is 6.54 Å². The average molecular weight is 316 g/mol. The summed E-state index contributed by atoms with van der Waals surface area (Å²) in [6, 6.07) is 4.57. The molecule has 0 aliphatic carbocycles. The predicted molar refractivity (Wildman–Crippen MR) is 72.0 cm³/mol. The molecule has 2 N–H and O–H groups in total. The molecular formula is C14H12ClF2NO3. The lowest BCUT2D eigenvalue weighted by atomic mass is 10.0. The highest BCUT2D eigenvalue weighted by Crippen LogP contribution is 2.22. The fourth-order valence-electron chi connectivity index (χ4n) is 1.72. The maximum atomic E-state index is 13.1. The molecule has 0 radical (unpaired) electrons. The number of hydrogen-bond donors (Lipinski definition) is 2. The Morgan fingerprint density at radius 2 is 2.10 bits per heavy atom. The molecule has 1 amide bonds. The van der Waals surface area contributed by atoms with Crippen molar-refractivity contribution in [3.8, 4) is 0 Å². The molecule has 0 bridgehead atoms. The van der Waals surface area contributed by atoms with Crippen molar-refractivity contribution in [2.45, 2.75) is 12.5 Å². The molecule has 2 rings (SSSR count). The van der Waals surface area contributed by atoms with Crippen molar-refractivity contribution in [2.24, 2.45) is 0 Å². The monoisotopic (exact) mass is 315 g/mol. The maximum Gasteiger partial charge on any atom is 0.253 e. The molecule has 112 valence electrons. The summed E-state index contributed by atoms with van der Waals surface area (Å²) in [6.07, 6.45) is 1.39. The molecule has 2 aromatic rings. The molecule has 1 atom stereocenters. The number of amides is 1. The third kappa shape index (κ3) is 3.40. The first kappa shape index (κ1) is 15.5. The zero-order valence-electron chi connectivity index (χ0n) is 11.0. The highest BCUT2D eigenvalue weighted by molar-refractivity contribution is 6.33. The fraction of sp³-hybridized carbons (Fsp3) is 0.214. The van der Waals surface area contributed by atoms with Crippen LogP contribution in [0.4, 0.5) is 8.78 Å². The molecule has 1 aromatic carbocycles. The molecule has 0 saturated carbocycles. The van der Waals surface area contributed by atoms with Gasteiger partial charge in [-0.05, 0) is 31.2 Å². The first-order valence-electron chi connectivity index (χ1n) is 6.00. The minimum absolute atomic E-state index is 0.186. The van der Waals surface area contributed by atoms with E-state index in [1.165, 1.54) is 13.2 Å². The Balaban J connectivity index is 2.11. The largest absolute Gasteiger partial charge is 0.466 e. The van der Waals surface area contributed by atoms with Gasteiger partial charge in [-0.1, -0.05) is 11.6 Å². The van der Waals surface area contributed by atoms with Gasteiger partial charge in [0.1, 0.15) is 11.4 Å². The number of hydrogen-bond acceptors (Lipinski definition) is 3. The van der Waals surface area contributed by atoms with E-state index in [2.05, 4.69) is 5.32 Å². The molecule has 0 spiro atoms. The SMILES string of the molecule is CC(O)(CNC(=O)c1cc(F)c(F)cc1Cl)c1ccco1. The van der Waals surface area contributed by atoms with Crippen LogP contribution in [0.15, 0.2) is 34.9 Å². The van der Waals surface area contributed by atoms with Crippen molar-refractivity contribution in [1.82, 2.24) is 5.32 Å². The summed E-state index contributed by atoms with van der Waals surface area (Å²) in [7, 11) is 0. The van der Waals surface area contributed by atoms with E-state index >= 15 is 0 Å². The van der Waals surface area contributed by atoms with Crippen LogP contribution in [0.3, 0.4) is 0 Å². The van der Waals surface area contributed by atoms with E-state index < -0.39 is 23.1 Å². The lowest BCUT2D eigenvalue weighted by molar-refractivity contribution is 0.0330. The highest BCUT2D eigenvalue weighted by Gasteiger charge is 2.27. The maximum absolute atomic E-state index is 13.1. The lowest BCUT2D eigenvalue weighted by Crippen LogP contribution is -2.38. The molecule has 1 heterocycles. The van der Waals surface area contributed by atoms with Gasteiger partial charge in [-0.25, -0.2) is 8.78 Å². The van der Waals surface area contributed by atoms with E-state index in [4.69, 9.17) is 16.0 Å². The van der Waals surface area contributed by atoms with Crippen LogP contribution in [-0.4, -0.2) is 17.6 Å². The molecule has 21 heavy (non-hydrogen) atoms. The summed E-state index contributed by atoms with van der Waals surface area (Å²) in [5, 5.41) is 12.3. The second-order valence-electron chi connectivity index (χ2n) is 4.68. The van der Waals surface area contributed by atoms with Crippen LogP contribution in [0.1, 0.15) is 23.0 Å². The van der Waals surface area contributed by atoms with Crippen LogP contribution in [0.25, 0.3) is 0 Å². The Bertz CT molecular complexity index is 656. The standard InChI is InChI=1S/C14H12ClF2NO3/c1-14(20,12-3-2-4-21-12)7-18-13(19)8-5-10(16)11(17)6-9(8)15/h2-6,20H,7H2,1H3,(H,18,19). The van der Waals surface area contributed by atoms with Crippen LogP contribution in [0.5, 0.6) is 0 Å². The van der Waals surface area contributed by atoms with Gasteiger partial charge in [0.05, 0.1) is 23.4 Å². The topological polar surface area (TPSA) is 62.5 Å². The number of aliphatic hydroxyl groups is 1. The van der Waals surface area contributed by atoms with Gasteiger partial charge in [0.25, 0.3) is 5.91 Å². The van der Waals surface area contributed by atoms with Crippen LogP contribution in [-0.2, 0) is 5.60 Å². The molecule has 0 fully saturated rings. The van der Waals surface area contributed by atoms with Crippen LogP contribution < -0.4 is 5.32 Å². The normalized spacial score (nSPS) is 13.8. The van der Waals surface area contributed by atoms with Crippen LogP contribution in [0.2, 0.25) is 5.02 Å². The van der Waals surface area contributed by atoms with Crippen molar-refractivity contribution in [1.29, 1.82) is 0 Å². The van der Waals surface area contributed by atoms with Gasteiger partial charge in [-0.2, -0.15) is 0 Å². The first-order chi connectivity index (χ1) is 9.81. The van der Waals surface area contributed by atoms with Crippen LogP contribution in [0, 0.1) is 11.6 Å². The molecule has 7 heteroatoms. The minimum atomic E-state index is -1.44. The summed E-state index contributed by atoms with van der Waals surface area (Å²) < 4.78 is 31.1. The molecule has 0 aliphatic rings. The molecule has 4 nitrogen and oxygen atoms in total. The van der Waals surface area contributed by atoms with E-state index in [0.717, 1.165) is 6.07 Å². The third-order valence-electron chi connectivity index (χ3n) is 2.90. The summed E-state index contributed by atoms with van der Waals surface area (Å²) in [6.45, 7) is 1.26. The summed E-state index contributed by atoms with van der Waals surface area (Å²) in [4.78, 5) is 11.9. The molecule has 1 unspecified atom stereocenters. The second-order valence-corrected chi connectivity index (χ2v) is 5.09. The van der Waals surface area contributed by atoms with E-state index in [1.54, 1.807) is 12.1 Å². The van der Waals surface area contributed by atoms with Gasteiger partial charge in [0.15, 0.2) is 11.6 Å². The number of carbonyl (C=O) groups excluding carboxylic acids is 1. The minimum Gasteiger partial charge on any atom is -0.466 e. The van der Waals surface area contributed by atoms with Crippen molar-refractivity contribution in [3.63, 3.8) is 0 Å². The smallest absolute Gasteiger partial charge is 0.253 e. The van der Waals surface area contributed by atoms with Crippen LogP contribution >= 0.6 is 11.6 Å².